The lowest BCUT2D eigenvalue weighted by atomic mass is 10.1. The Labute approximate surface area is 213 Å². The zero-order chi connectivity index (χ0) is 25.5. The minimum absolute atomic E-state index is 0.222. The van der Waals surface area contributed by atoms with Crippen LogP contribution in [0.4, 0.5) is 5.69 Å². The molecule has 1 N–H and O–H groups in total. The van der Waals surface area contributed by atoms with Crippen LogP contribution in [0.25, 0.3) is 0 Å². The second kappa shape index (κ2) is 11.5. The molecular weight excluding hydrogens is 472 g/mol. The molecule has 0 saturated carbocycles. The van der Waals surface area contributed by atoms with Crippen molar-refractivity contribution in [3.8, 4) is 0 Å². The van der Waals surface area contributed by atoms with Crippen LogP contribution in [0, 0.1) is 6.92 Å². The molecule has 0 spiro atoms. The molecule has 3 aromatic carbocycles. The Bertz CT molecular complexity index is 1300. The van der Waals surface area contributed by atoms with E-state index in [-0.39, 0.29) is 12.5 Å². The number of hydrazone groups is 1. The summed E-state index contributed by atoms with van der Waals surface area (Å²) in [5.74, 6) is -0.315. The summed E-state index contributed by atoms with van der Waals surface area (Å²) in [4.78, 5) is 15.0. The molecule has 36 heavy (non-hydrogen) atoms. The van der Waals surface area contributed by atoms with E-state index in [0.29, 0.717) is 11.3 Å². The van der Waals surface area contributed by atoms with E-state index in [1.807, 2.05) is 37.3 Å². The fraction of sp³-hybridized carbons (Fsp3) is 0.286. The number of carbonyl (C=O) groups excluding carboxylic acids is 1. The van der Waals surface area contributed by atoms with Crippen molar-refractivity contribution in [2.45, 2.75) is 32.9 Å². The molecule has 0 atom stereocenters. The second-order valence-corrected chi connectivity index (χ2v) is 11.1. The van der Waals surface area contributed by atoms with Crippen LogP contribution in [0.5, 0.6) is 0 Å². The fourth-order valence-electron chi connectivity index (χ4n) is 4.16. The highest BCUT2D eigenvalue weighted by Gasteiger charge is 2.19. The number of likely N-dealkylation sites (tertiary alicyclic amines) is 1. The lowest BCUT2D eigenvalue weighted by molar-refractivity contribution is 0.0954. The maximum Gasteiger partial charge on any atom is 0.271 e. The van der Waals surface area contributed by atoms with Gasteiger partial charge in [-0.1, -0.05) is 60.2 Å². The van der Waals surface area contributed by atoms with Crippen LogP contribution < -0.4 is 9.73 Å². The number of sulfonamides is 1. The monoisotopic (exact) mass is 504 g/mol. The summed E-state index contributed by atoms with van der Waals surface area (Å²) >= 11 is 0. The number of nitrogens with zero attached hydrogens (tertiary/aromatic N) is 3. The molecule has 7 nitrogen and oxygen atoms in total. The number of anilines is 1. The van der Waals surface area contributed by atoms with Crippen LogP contribution in [-0.2, 0) is 23.1 Å². The van der Waals surface area contributed by atoms with Gasteiger partial charge >= 0.3 is 0 Å². The van der Waals surface area contributed by atoms with E-state index < -0.39 is 10.0 Å². The molecule has 1 amide bonds. The van der Waals surface area contributed by atoms with Crippen LogP contribution >= 0.6 is 0 Å². The maximum absolute atomic E-state index is 12.6. The Morgan fingerprint density at radius 3 is 2.17 bits per heavy atom. The highest BCUT2D eigenvalue weighted by Crippen LogP contribution is 2.22. The van der Waals surface area contributed by atoms with Gasteiger partial charge in [-0.25, -0.2) is 13.8 Å². The average Bonchev–Trinajstić information content (AvgIpc) is 2.88. The van der Waals surface area contributed by atoms with Gasteiger partial charge < -0.3 is 0 Å². The van der Waals surface area contributed by atoms with Gasteiger partial charge in [0.25, 0.3) is 5.91 Å². The van der Waals surface area contributed by atoms with Gasteiger partial charge in [-0.15, -0.1) is 0 Å². The third-order valence-corrected chi connectivity index (χ3v) is 7.40. The number of aryl methyl sites for hydroxylation is 1. The second-order valence-electron chi connectivity index (χ2n) is 9.18. The number of rotatable bonds is 8. The summed E-state index contributed by atoms with van der Waals surface area (Å²) in [5.41, 5.74) is 7.86. The molecule has 0 bridgehead atoms. The highest BCUT2D eigenvalue weighted by molar-refractivity contribution is 7.92. The quantitative estimate of drug-likeness (QED) is 0.463. The molecule has 1 fully saturated rings. The van der Waals surface area contributed by atoms with E-state index in [4.69, 9.17) is 0 Å². The molecule has 1 heterocycles. The first-order valence-corrected chi connectivity index (χ1v) is 13.9. The molecule has 4 rings (SSSR count). The molecule has 0 radical (unpaired) electrons. The van der Waals surface area contributed by atoms with Gasteiger partial charge in [0, 0.05) is 43.8 Å². The molecule has 8 heteroatoms. The first-order chi connectivity index (χ1) is 17.3. The summed E-state index contributed by atoms with van der Waals surface area (Å²) < 4.78 is 26.2. The lowest BCUT2D eigenvalue weighted by Crippen LogP contribution is -2.34. The Morgan fingerprint density at radius 2 is 1.56 bits per heavy atom. The van der Waals surface area contributed by atoms with Gasteiger partial charge in [0.2, 0.25) is 10.0 Å². The molecule has 0 aromatic heterocycles. The van der Waals surface area contributed by atoms with Crippen molar-refractivity contribution in [3.05, 3.63) is 101 Å². The lowest BCUT2D eigenvalue weighted by Gasteiger charge is -2.27. The molecule has 0 aliphatic carbocycles. The minimum Gasteiger partial charge on any atom is -0.298 e. The molecule has 3 aromatic rings. The Kier molecular flexibility index (Phi) is 8.18. The van der Waals surface area contributed by atoms with Gasteiger partial charge in [-0.2, -0.15) is 5.10 Å². The molecule has 0 unspecified atom stereocenters. The SMILES string of the molecule is Cc1ccc(CN(c2ccc(C(=O)NN=C3CCN(Cc4ccccc4)CC3)cc2)S(C)(=O)=O)cc1. The number of carbonyl (C=O) groups is 1. The third-order valence-electron chi connectivity index (χ3n) is 6.26. The summed E-state index contributed by atoms with van der Waals surface area (Å²) in [7, 11) is -3.50. The number of benzene rings is 3. The number of nitrogens with one attached hydrogen (secondary N) is 1. The van der Waals surface area contributed by atoms with E-state index >= 15 is 0 Å². The summed E-state index contributed by atoms with van der Waals surface area (Å²) in [6, 6.07) is 24.7. The van der Waals surface area contributed by atoms with Crippen LogP contribution in [0.1, 0.15) is 39.9 Å². The fourth-order valence-corrected chi connectivity index (χ4v) is 5.04. The normalized spacial score (nSPS) is 14.3. The van der Waals surface area contributed by atoms with E-state index in [2.05, 4.69) is 39.7 Å². The van der Waals surface area contributed by atoms with Crippen molar-refractivity contribution in [1.29, 1.82) is 0 Å². The standard InChI is InChI=1S/C28H32N4O3S/c1-22-8-10-24(11-9-22)21-32(36(2,34)35)27-14-12-25(13-15-27)28(33)30-29-26-16-18-31(19-17-26)20-23-6-4-3-5-7-23/h3-15H,16-21H2,1-2H3,(H,30,33). The van der Waals surface area contributed by atoms with Gasteiger partial charge in [0.05, 0.1) is 18.5 Å². The van der Waals surface area contributed by atoms with E-state index in [1.165, 1.54) is 16.1 Å². The van der Waals surface area contributed by atoms with Crippen molar-refractivity contribution in [2.24, 2.45) is 5.10 Å². The summed E-state index contributed by atoms with van der Waals surface area (Å²) in [6.45, 7) is 4.93. The third kappa shape index (κ3) is 7.02. The summed E-state index contributed by atoms with van der Waals surface area (Å²) in [6.07, 6.45) is 2.81. The Morgan fingerprint density at radius 1 is 0.917 bits per heavy atom. The predicted octanol–water partition coefficient (Wildman–Crippen LogP) is 4.34. The Balaban J connectivity index is 1.34. The van der Waals surface area contributed by atoms with E-state index in [1.54, 1.807) is 24.3 Å². The zero-order valence-electron chi connectivity index (χ0n) is 20.7. The smallest absolute Gasteiger partial charge is 0.271 e. The van der Waals surface area contributed by atoms with Gasteiger partial charge in [-0.05, 0) is 42.3 Å². The number of piperidine rings is 1. The molecule has 188 valence electrons. The molecule has 1 aliphatic heterocycles. The summed E-state index contributed by atoms with van der Waals surface area (Å²) in [5, 5.41) is 4.34. The van der Waals surface area contributed by atoms with Crippen LogP contribution in [0.3, 0.4) is 0 Å². The van der Waals surface area contributed by atoms with Crippen molar-refractivity contribution in [2.75, 3.05) is 23.7 Å². The van der Waals surface area contributed by atoms with Crippen molar-refractivity contribution in [1.82, 2.24) is 10.3 Å². The zero-order valence-corrected chi connectivity index (χ0v) is 21.5. The van der Waals surface area contributed by atoms with Crippen molar-refractivity contribution < 1.29 is 13.2 Å². The van der Waals surface area contributed by atoms with Gasteiger partial charge in [0.15, 0.2) is 0 Å². The Hall–Kier alpha value is -3.49. The van der Waals surface area contributed by atoms with E-state index in [0.717, 1.165) is 49.3 Å². The maximum atomic E-state index is 12.6. The molecular formula is C28H32N4O3S. The largest absolute Gasteiger partial charge is 0.298 e. The number of hydrogen-bond acceptors (Lipinski definition) is 5. The van der Waals surface area contributed by atoms with E-state index in [9.17, 15) is 13.2 Å². The molecule has 1 aliphatic rings. The predicted molar refractivity (Wildman–Crippen MR) is 145 cm³/mol. The van der Waals surface area contributed by atoms with Crippen LogP contribution in [0.2, 0.25) is 0 Å². The molecule has 1 saturated heterocycles. The van der Waals surface area contributed by atoms with Crippen molar-refractivity contribution >= 4 is 27.3 Å². The number of amides is 1. The minimum atomic E-state index is -3.50. The highest BCUT2D eigenvalue weighted by atomic mass is 32.2. The van der Waals surface area contributed by atoms with Crippen LogP contribution in [0.15, 0.2) is 84.0 Å². The topological polar surface area (TPSA) is 82.1 Å². The van der Waals surface area contributed by atoms with Crippen molar-refractivity contribution in [3.63, 3.8) is 0 Å². The van der Waals surface area contributed by atoms with Crippen LogP contribution in [-0.4, -0.2) is 44.3 Å². The average molecular weight is 505 g/mol. The van der Waals surface area contributed by atoms with Gasteiger partial charge in [-0.3, -0.25) is 14.0 Å². The first kappa shape index (κ1) is 25.6. The first-order valence-electron chi connectivity index (χ1n) is 12.0. The number of hydrogen-bond donors (Lipinski definition) is 1. The van der Waals surface area contributed by atoms with Gasteiger partial charge in [0.1, 0.15) is 0 Å².